The third-order valence-corrected chi connectivity index (χ3v) is 6.27. The van der Waals surface area contributed by atoms with Gasteiger partial charge in [-0.25, -0.2) is 4.98 Å². The summed E-state index contributed by atoms with van der Waals surface area (Å²) in [5, 5.41) is 4.62. The van der Waals surface area contributed by atoms with Crippen molar-refractivity contribution in [2.45, 2.75) is 44.1 Å². The smallest absolute Gasteiger partial charge is 0.239 e. The molecule has 0 spiro atoms. The molecule has 3 heterocycles. The fraction of sp³-hybridized carbons (Fsp3) is 0.556. The Morgan fingerprint density at radius 2 is 1.88 bits per heavy atom. The van der Waals surface area contributed by atoms with Gasteiger partial charge in [0.25, 0.3) is 0 Å². The molecule has 7 heteroatoms. The molecule has 1 amide bonds. The largest absolute Gasteiger partial charge is 0.341 e. The van der Waals surface area contributed by atoms with Crippen molar-refractivity contribution in [1.29, 1.82) is 0 Å². The fourth-order valence-electron chi connectivity index (χ4n) is 3.69. The van der Waals surface area contributed by atoms with Crippen LogP contribution in [-0.2, 0) is 4.79 Å². The first kappa shape index (κ1) is 20.4. The van der Waals surface area contributed by atoms with Crippen molar-refractivity contribution >= 4 is 52.3 Å². The van der Waals surface area contributed by atoms with Crippen LogP contribution in [0.1, 0.15) is 43.0 Å². The molecule has 1 atom stereocenters. The maximum Gasteiger partial charge on any atom is 0.239 e. The number of aromatic nitrogens is 1. The molecule has 0 saturated carbocycles. The first-order valence-electron chi connectivity index (χ1n) is 8.69. The number of nitrogens with one attached hydrogen (secondary N) is 1. The number of para-hydroxylation sites is 1. The van der Waals surface area contributed by atoms with Gasteiger partial charge < -0.3 is 10.2 Å². The first-order chi connectivity index (χ1) is 11.3. The average Bonchev–Trinajstić information content (AvgIpc) is 3.06. The van der Waals surface area contributed by atoms with Crippen LogP contribution in [0.25, 0.3) is 10.2 Å². The van der Waals surface area contributed by atoms with Crippen LogP contribution in [0.15, 0.2) is 24.3 Å². The number of rotatable bonds is 2. The van der Waals surface area contributed by atoms with Crippen LogP contribution in [0, 0.1) is 0 Å². The number of fused-ring (bicyclic) bond motifs is 1. The monoisotopic (exact) mass is 401 g/mol. The molecular weight excluding hydrogens is 377 g/mol. The summed E-state index contributed by atoms with van der Waals surface area (Å²) in [5.41, 5.74) is 1.11. The Morgan fingerprint density at radius 3 is 2.56 bits per heavy atom. The minimum Gasteiger partial charge on any atom is -0.341 e. The lowest BCUT2D eigenvalue weighted by Crippen LogP contribution is -2.50. The number of carbonyl (C=O) groups excluding carboxylic acids is 1. The van der Waals surface area contributed by atoms with E-state index in [4.69, 9.17) is 4.98 Å². The average molecular weight is 402 g/mol. The van der Waals surface area contributed by atoms with E-state index >= 15 is 0 Å². The van der Waals surface area contributed by atoms with Gasteiger partial charge >= 0.3 is 0 Å². The topological polar surface area (TPSA) is 45.2 Å². The Balaban J connectivity index is 0.00000113. The molecule has 0 radical (unpaired) electrons. The summed E-state index contributed by atoms with van der Waals surface area (Å²) in [5.74, 6) is 0.822. The second-order valence-corrected chi connectivity index (χ2v) is 7.68. The van der Waals surface area contributed by atoms with Crippen molar-refractivity contribution in [3.63, 3.8) is 0 Å². The predicted octanol–water partition coefficient (Wildman–Crippen LogP) is 3.99. The lowest BCUT2D eigenvalue weighted by molar-refractivity contribution is -0.135. The molecule has 2 aromatic rings. The summed E-state index contributed by atoms with van der Waals surface area (Å²) >= 11 is 1.81. The van der Waals surface area contributed by atoms with Crippen LogP contribution in [0.3, 0.4) is 0 Å². The quantitative estimate of drug-likeness (QED) is 0.826. The maximum atomic E-state index is 12.6. The molecule has 0 unspecified atom stereocenters. The number of halogens is 2. The number of nitrogens with zero attached hydrogens (tertiary/aromatic N) is 2. The summed E-state index contributed by atoms with van der Waals surface area (Å²) in [6.07, 6.45) is 5.45. The Kier molecular flexibility index (Phi) is 7.50. The maximum absolute atomic E-state index is 12.6. The molecule has 2 aliphatic rings. The Bertz CT molecular complexity index is 661. The number of thiazole rings is 1. The molecule has 1 N–H and O–H groups in total. The van der Waals surface area contributed by atoms with Crippen molar-refractivity contribution in [2.75, 3.05) is 19.6 Å². The Labute approximate surface area is 165 Å². The molecular formula is C18H25Cl2N3OS. The van der Waals surface area contributed by atoms with Crippen LogP contribution in [-0.4, -0.2) is 41.5 Å². The summed E-state index contributed by atoms with van der Waals surface area (Å²) in [7, 11) is 0. The summed E-state index contributed by atoms with van der Waals surface area (Å²) in [4.78, 5) is 19.4. The second kappa shape index (κ2) is 9.17. The Hall–Kier alpha value is -0.880. The van der Waals surface area contributed by atoms with E-state index in [1.807, 2.05) is 17.4 Å². The summed E-state index contributed by atoms with van der Waals surface area (Å²) in [6.45, 7) is 2.73. The van der Waals surface area contributed by atoms with Gasteiger partial charge in [-0.15, -0.1) is 36.2 Å². The molecule has 0 aliphatic carbocycles. The third-order valence-electron chi connectivity index (χ3n) is 5.07. The lowest BCUT2D eigenvalue weighted by atomic mass is 9.96. The zero-order valence-electron chi connectivity index (χ0n) is 14.1. The molecule has 0 bridgehead atoms. The molecule has 2 saturated heterocycles. The molecule has 2 fully saturated rings. The van der Waals surface area contributed by atoms with Gasteiger partial charge in [0, 0.05) is 19.0 Å². The van der Waals surface area contributed by atoms with Gasteiger partial charge in [0.2, 0.25) is 5.91 Å². The predicted molar refractivity (Wildman–Crippen MR) is 108 cm³/mol. The third kappa shape index (κ3) is 4.45. The van der Waals surface area contributed by atoms with Crippen molar-refractivity contribution in [3.8, 4) is 0 Å². The van der Waals surface area contributed by atoms with Crippen molar-refractivity contribution in [2.24, 2.45) is 0 Å². The highest BCUT2D eigenvalue weighted by Gasteiger charge is 2.30. The van der Waals surface area contributed by atoms with Gasteiger partial charge in [0.05, 0.1) is 21.3 Å². The van der Waals surface area contributed by atoms with Crippen molar-refractivity contribution < 1.29 is 4.79 Å². The minimum atomic E-state index is 0. The number of hydrogen-bond donors (Lipinski definition) is 1. The van der Waals surface area contributed by atoms with Gasteiger partial charge in [0.15, 0.2) is 0 Å². The fourth-order valence-corrected chi connectivity index (χ4v) is 4.83. The molecule has 1 aromatic heterocycles. The van der Waals surface area contributed by atoms with E-state index < -0.39 is 0 Å². The van der Waals surface area contributed by atoms with Crippen molar-refractivity contribution in [1.82, 2.24) is 15.2 Å². The number of likely N-dealkylation sites (tertiary alicyclic amines) is 1. The second-order valence-electron chi connectivity index (χ2n) is 6.62. The molecule has 4 nitrogen and oxygen atoms in total. The van der Waals surface area contributed by atoms with E-state index in [0.717, 1.165) is 44.4 Å². The van der Waals surface area contributed by atoms with Crippen LogP contribution in [0.4, 0.5) is 0 Å². The number of benzene rings is 1. The molecule has 25 heavy (non-hydrogen) atoms. The van der Waals surface area contributed by atoms with E-state index in [0.29, 0.717) is 11.8 Å². The van der Waals surface area contributed by atoms with Crippen LogP contribution >= 0.6 is 36.2 Å². The van der Waals surface area contributed by atoms with Crippen molar-refractivity contribution in [3.05, 3.63) is 29.3 Å². The highest BCUT2D eigenvalue weighted by atomic mass is 35.5. The summed E-state index contributed by atoms with van der Waals surface area (Å²) in [6, 6.07) is 8.40. The van der Waals surface area contributed by atoms with E-state index in [9.17, 15) is 4.79 Å². The van der Waals surface area contributed by atoms with Crippen LogP contribution in [0.5, 0.6) is 0 Å². The number of carbonyl (C=O) groups is 1. The lowest BCUT2D eigenvalue weighted by Gasteiger charge is -2.35. The SMILES string of the molecule is Cl.Cl.O=C([C@@H]1CCCCN1)N1CCC(c2nc3ccccc3s2)CC1. The zero-order chi connectivity index (χ0) is 15.6. The minimum absolute atomic E-state index is 0. The molecule has 2 aliphatic heterocycles. The van der Waals surface area contributed by atoms with E-state index in [-0.39, 0.29) is 30.9 Å². The van der Waals surface area contributed by atoms with E-state index in [2.05, 4.69) is 28.4 Å². The standard InChI is InChI=1S/C18H23N3OS.2ClH/c22-18(15-6-3-4-10-19-15)21-11-8-13(9-12-21)17-20-14-5-1-2-7-16(14)23-17;;/h1-2,5,7,13,15,19H,3-4,6,8-12H2;2*1H/t15-;;/m0../s1. The summed E-state index contributed by atoms with van der Waals surface area (Å²) < 4.78 is 1.27. The number of piperidine rings is 2. The Morgan fingerprint density at radius 1 is 1.12 bits per heavy atom. The molecule has 138 valence electrons. The number of amides is 1. The van der Waals surface area contributed by atoms with Gasteiger partial charge in [-0.2, -0.15) is 0 Å². The molecule has 1 aromatic carbocycles. The van der Waals surface area contributed by atoms with Gasteiger partial charge in [-0.1, -0.05) is 18.6 Å². The zero-order valence-corrected chi connectivity index (χ0v) is 16.6. The van der Waals surface area contributed by atoms with Gasteiger partial charge in [-0.3, -0.25) is 4.79 Å². The van der Waals surface area contributed by atoms with Crippen LogP contribution in [0.2, 0.25) is 0 Å². The van der Waals surface area contributed by atoms with Gasteiger partial charge in [-0.05, 0) is 44.4 Å². The molecule has 4 rings (SSSR count). The normalized spacial score (nSPS) is 21.4. The first-order valence-corrected chi connectivity index (χ1v) is 9.50. The van der Waals surface area contributed by atoms with E-state index in [1.54, 1.807) is 0 Å². The highest BCUT2D eigenvalue weighted by Crippen LogP contribution is 2.34. The van der Waals surface area contributed by atoms with E-state index in [1.165, 1.54) is 22.5 Å². The number of hydrogen-bond acceptors (Lipinski definition) is 4. The van der Waals surface area contributed by atoms with Gasteiger partial charge in [0.1, 0.15) is 0 Å². The highest BCUT2D eigenvalue weighted by molar-refractivity contribution is 7.18. The van der Waals surface area contributed by atoms with Crippen LogP contribution < -0.4 is 5.32 Å².